The Morgan fingerprint density at radius 3 is 2.19 bits per heavy atom. The average molecular weight is 539 g/mol. The van der Waals surface area contributed by atoms with Gasteiger partial charge in [0.1, 0.15) is 23.2 Å². The molecule has 3 aromatic rings. The molecule has 0 aliphatic carbocycles. The molecule has 2 fully saturated rings. The molecule has 0 bridgehead atoms. The number of nitrogens with one attached hydrogen (secondary N) is 2. The normalized spacial score (nSPS) is 20.1. The van der Waals surface area contributed by atoms with Gasteiger partial charge < -0.3 is 24.9 Å². The topological polar surface area (TPSA) is 69.5 Å². The molecule has 9 heteroatoms. The summed E-state index contributed by atoms with van der Waals surface area (Å²) >= 11 is 11.6. The second kappa shape index (κ2) is 11.7. The Bertz CT molecular complexity index is 1180. The van der Waals surface area contributed by atoms with E-state index in [2.05, 4.69) is 40.3 Å². The molecule has 2 aliphatic rings. The van der Waals surface area contributed by atoms with Gasteiger partial charge in [-0.3, -0.25) is 0 Å². The standard InChI is InChI=1S/C28H35ClN6OS/c1-19-5-3-13-34(17-19)25-15-26(35-14-4-6-20(2)18-35)32-27(31-25)33-28(37)30-16-23-11-12-24(36-23)21-7-9-22(29)10-8-21/h7-12,15,19-20H,3-6,13-14,16-18H2,1-2H3,(H2,30,31,32,33,37). The molecule has 2 unspecified atom stereocenters. The first-order valence-corrected chi connectivity index (χ1v) is 14.0. The number of halogens is 1. The van der Waals surface area contributed by atoms with E-state index < -0.39 is 0 Å². The molecule has 37 heavy (non-hydrogen) atoms. The quantitative estimate of drug-likeness (QED) is 0.352. The van der Waals surface area contributed by atoms with Crippen LogP contribution in [-0.4, -0.2) is 41.3 Å². The molecule has 2 aliphatic heterocycles. The van der Waals surface area contributed by atoms with E-state index in [1.807, 2.05) is 36.4 Å². The van der Waals surface area contributed by atoms with E-state index in [1.165, 1.54) is 25.7 Å². The van der Waals surface area contributed by atoms with Crippen molar-refractivity contribution in [3.05, 3.63) is 53.2 Å². The summed E-state index contributed by atoms with van der Waals surface area (Å²) in [7, 11) is 0. The van der Waals surface area contributed by atoms with Crippen LogP contribution < -0.4 is 20.4 Å². The lowest BCUT2D eigenvalue weighted by atomic mass is 10.00. The van der Waals surface area contributed by atoms with Gasteiger partial charge in [-0.25, -0.2) is 0 Å². The van der Waals surface area contributed by atoms with Crippen molar-refractivity contribution in [2.45, 2.75) is 46.1 Å². The number of anilines is 3. The Kier molecular flexibility index (Phi) is 8.15. The van der Waals surface area contributed by atoms with E-state index in [-0.39, 0.29) is 0 Å². The van der Waals surface area contributed by atoms with Crippen LogP contribution in [0.2, 0.25) is 5.02 Å². The van der Waals surface area contributed by atoms with Crippen molar-refractivity contribution >= 4 is 46.5 Å². The highest BCUT2D eigenvalue weighted by Crippen LogP contribution is 2.28. The molecule has 196 valence electrons. The molecule has 0 radical (unpaired) electrons. The maximum Gasteiger partial charge on any atom is 0.232 e. The molecule has 2 saturated heterocycles. The second-order valence-corrected chi connectivity index (χ2v) is 11.2. The van der Waals surface area contributed by atoms with Crippen LogP contribution in [0.25, 0.3) is 11.3 Å². The van der Waals surface area contributed by atoms with Gasteiger partial charge in [-0.05, 0) is 86.1 Å². The predicted molar refractivity (Wildman–Crippen MR) is 155 cm³/mol. The number of thiocarbonyl (C=S) groups is 1. The highest BCUT2D eigenvalue weighted by Gasteiger charge is 2.23. The predicted octanol–water partition coefficient (Wildman–Crippen LogP) is 6.35. The summed E-state index contributed by atoms with van der Waals surface area (Å²) in [5.74, 6) is 5.37. The third-order valence-electron chi connectivity index (χ3n) is 7.10. The maximum atomic E-state index is 6.00. The smallest absolute Gasteiger partial charge is 0.232 e. The van der Waals surface area contributed by atoms with Gasteiger partial charge in [0.2, 0.25) is 5.95 Å². The summed E-state index contributed by atoms with van der Waals surface area (Å²) in [4.78, 5) is 14.5. The summed E-state index contributed by atoms with van der Waals surface area (Å²) in [6.07, 6.45) is 4.91. The van der Waals surface area contributed by atoms with Crippen LogP contribution in [0.4, 0.5) is 17.6 Å². The van der Waals surface area contributed by atoms with Gasteiger partial charge >= 0.3 is 0 Å². The Labute approximate surface area is 229 Å². The minimum Gasteiger partial charge on any atom is -0.459 e. The van der Waals surface area contributed by atoms with E-state index in [1.54, 1.807) is 0 Å². The summed E-state index contributed by atoms with van der Waals surface area (Å²) in [5, 5.41) is 7.62. The third kappa shape index (κ3) is 6.73. The summed E-state index contributed by atoms with van der Waals surface area (Å²) in [6.45, 7) is 9.16. The van der Waals surface area contributed by atoms with Gasteiger partial charge in [0.25, 0.3) is 0 Å². The lowest BCUT2D eigenvalue weighted by Gasteiger charge is -2.35. The van der Waals surface area contributed by atoms with Crippen LogP contribution in [-0.2, 0) is 6.54 Å². The highest BCUT2D eigenvalue weighted by molar-refractivity contribution is 7.80. The summed E-state index contributed by atoms with van der Waals surface area (Å²) in [5.41, 5.74) is 0.980. The fraction of sp³-hybridized carbons (Fsp3) is 0.464. The maximum absolute atomic E-state index is 6.00. The van der Waals surface area contributed by atoms with Crippen LogP contribution >= 0.6 is 23.8 Å². The van der Waals surface area contributed by atoms with Gasteiger partial charge in [0, 0.05) is 42.8 Å². The number of piperidine rings is 2. The molecule has 0 saturated carbocycles. The lowest BCUT2D eigenvalue weighted by Crippen LogP contribution is -2.37. The number of nitrogens with zero attached hydrogens (tertiary/aromatic N) is 4. The zero-order valence-electron chi connectivity index (χ0n) is 21.5. The largest absolute Gasteiger partial charge is 0.459 e. The molecule has 7 nitrogen and oxygen atoms in total. The van der Waals surface area contributed by atoms with Crippen molar-refractivity contribution in [2.24, 2.45) is 11.8 Å². The SMILES string of the molecule is CC1CCCN(c2cc(N3CCCC(C)C3)nc(NC(=S)NCc3ccc(-c4ccc(Cl)cc4)o3)n2)C1. The number of benzene rings is 1. The molecule has 0 amide bonds. The number of rotatable bonds is 6. The third-order valence-corrected chi connectivity index (χ3v) is 7.60. The van der Waals surface area contributed by atoms with Gasteiger partial charge in [-0.15, -0.1) is 0 Å². The zero-order valence-corrected chi connectivity index (χ0v) is 23.1. The van der Waals surface area contributed by atoms with Crippen LogP contribution in [0.1, 0.15) is 45.3 Å². The Hall–Kier alpha value is -2.84. The first-order chi connectivity index (χ1) is 17.9. The van der Waals surface area contributed by atoms with Gasteiger partial charge in [-0.2, -0.15) is 9.97 Å². The number of hydrogen-bond donors (Lipinski definition) is 2. The van der Waals surface area contributed by atoms with Crippen molar-refractivity contribution in [3.63, 3.8) is 0 Å². The Morgan fingerprint density at radius 1 is 0.973 bits per heavy atom. The molecule has 1 aromatic carbocycles. The van der Waals surface area contributed by atoms with Crippen LogP contribution in [0.3, 0.4) is 0 Å². The molecule has 0 spiro atoms. The van der Waals surface area contributed by atoms with Crippen molar-refractivity contribution in [3.8, 4) is 11.3 Å². The summed E-state index contributed by atoms with van der Waals surface area (Å²) < 4.78 is 5.99. The lowest BCUT2D eigenvalue weighted by molar-refractivity contribution is 0.441. The van der Waals surface area contributed by atoms with Crippen molar-refractivity contribution in [2.75, 3.05) is 41.3 Å². The van der Waals surface area contributed by atoms with Crippen LogP contribution in [0.15, 0.2) is 46.9 Å². The molecular weight excluding hydrogens is 504 g/mol. The number of aromatic nitrogens is 2. The first kappa shape index (κ1) is 25.8. The van der Waals surface area contributed by atoms with Crippen molar-refractivity contribution in [1.29, 1.82) is 0 Å². The van der Waals surface area contributed by atoms with E-state index in [0.717, 1.165) is 54.9 Å². The van der Waals surface area contributed by atoms with Gasteiger partial charge in [0.05, 0.1) is 6.54 Å². The molecule has 2 aromatic heterocycles. The highest BCUT2D eigenvalue weighted by atomic mass is 35.5. The zero-order chi connectivity index (χ0) is 25.8. The molecule has 4 heterocycles. The van der Waals surface area contributed by atoms with E-state index in [0.29, 0.717) is 34.5 Å². The number of furan rings is 1. The summed E-state index contributed by atoms with van der Waals surface area (Å²) in [6, 6.07) is 13.6. The van der Waals surface area contributed by atoms with E-state index in [4.69, 9.17) is 38.2 Å². The average Bonchev–Trinajstić information content (AvgIpc) is 3.37. The van der Waals surface area contributed by atoms with Crippen LogP contribution in [0.5, 0.6) is 0 Å². The molecule has 2 N–H and O–H groups in total. The van der Waals surface area contributed by atoms with E-state index in [9.17, 15) is 0 Å². The minimum absolute atomic E-state index is 0.458. The number of hydrogen-bond acceptors (Lipinski definition) is 6. The monoisotopic (exact) mass is 538 g/mol. The molecular formula is C28H35ClN6OS. The van der Waals surface area contributed by atoms with Crippen LogP contribution in [0, 0.1) is 11.8 Å². The first-order valence-electron chi connectivity index (χ1n) is 13.2. The molecule has 2 atom stereocenters. The fourth-order valence-electron chi connectivity index (χ4n) is 5.15. The minimum atomic E-state index is 0.458. The molecule has 5 rings (SSSR count). The van der Waals surface area contributed by atoms with Crippen molar-refractivity contribution in [1.82, 2.24) is 15.3 Å². The van der Waals surface area contributed by atoms with Gasteiger partial charge in [-0.1, -0.05) is 25.4 Å². The Balaban J connectivity index is 1.27. The fourth-order valence-corrected chi connectivity index (χ4v) is 5.44. The van der Waals surface area contributed by atoms with Gasteiger partial charge in [0.15, 0.2) is 5.11 Å². The van der Waals surface area contributed by atoms with Crippen molar-refractivity contribution < 1.29 is 4.42 Å². The second-order valence-electron chi connectivity index (χ2n) is 10.4. The Morgan fingerprint density at radius 2 is 1.59 bits per heavy atom. The van der Waals surface area contributed by atoms with E-state index >= 15 is 0 Å².